The predicted octanol–water partition coefficient (Wildman–Crippen LogP) is 1.36. The summed E-state index contributed by atoms with van der Waals surface area (Å²) in [7, 11) is 0. The Bertz CT molecular complexity index is 300. The van der Waals surface area contributed by atoms with E-state index >= 15 is 0 Å². The van der Waals surface area contributed by atoms with Crippen molar-refractivity contribution in [3.63, 3.8) is 0 Å². The molecule has 0 spiro atoms. The van der Waals surface area contributed by atoms with Gasteiger partial charge in [0, 0.05) is 31.5 Å². The highest BCUT2D eigenvalue weighted by Crippen LogP contribution is 2.08. The van der Waals surface area contributed by atoms with Crippen LogP contribution in [0.1, 0.15) is 52.4 Å². The lowest BCUT2D eigenvalue weighted by atomic mass is 9.99. The van der Waals surface area contributed by atoms with Crippen LogP contribution in [0, 0.1) is 0 Å². The summed E-state index contributed by atoms with van der Waals surface area (Å²) in [4.78, 5) is 23.2. The Kier molecular flexibility index (Phi) is 10.5. The Labute approximate surface area is 128 Å². The van der Waals surface area contributed by atoms with E-state index in [1.165, 1.54) is 0 Å². The van der Waals surface area contributed by atoms with Crippen LogP contribution in [0.5, 0.6) is 0 Å². The van der Waals surface area contributed by atoms with Gasteiger partial charge in [0.05, 0.1) is 0 Å². The molecule has 0 bridgehead atoms. The average molecular weight is 306 g/mol. The lowest BCUT2D eigenvalue weighted by molar-refractivity contribution is -0.123. The minimum atomic E-state index is 0. The van der Waals surface area contributed by atoms with E-state index in [0.717, 1.165) is 32.4 Å². The number of amides is 2. The van der Waals surface area contributed by atoms with E-state index in [1.807, 2.05) is 6.92 Å². The van der Waals surface area contributed by atoms with E-state index in [0.29, 0.717) is 25.3 Å². The van der Waals surface area contributed by atoms with Crippen LogP contribution in [-0.4, -0.2) is 37.0 Å². The highest BCUT2D eigenvalue weighted by atomic mass is 35.5. The molecule has 1 rings (SSSR count). The lowest BCUT2D eigenvalue weighted by Gasteiger charge is -2.30. The van der Waals surface area contributed by atoms with Crippen molar-refractivity contribution in [3.05, 3.63) is 0 Å². The normalized spacial score (nSPS) is 21.7. The fourth-order valence-corrected chi connectivity index (χ4v) is 2.28. The molecule has 20 heavy (non-hydrogen) atoms. The molecule has 0 saturated carbocycles. The summed E-state index contributed by atoms with van der Waals surface area (Å²) in [6.07, 6.45) is 4.58. The summed E-state index contributed by atoms with van der Waals surface area (Å²) in [6.45, 7) is 5.87. The zero-order chi connectivity index (χ0) is 14.1. The van der Waals surface area contributed by atoms with Crippen molar-refractivity contribution in [2.24, 2.45) is 0 Å². The SMILES string of the molecule is CCCNC(=O)CCCC(=O)NC1CCCNC1C.Cl. The van der Waals surface area contributed by atoms with Crippen LogP contribution in [0.15, 0.2) is 0 Å². The zero-order valence-corrected chi connectivity index (χ0v) is 13.4. The van der Waals surface area contributed by atoms with Gasteiger partial charge >= 0.3 is 0 Å². The average Bonchev–Trinajstić information content (AvgIpc) is 2.39. The molecule has 1 heterocycles. The van der Waals surface area contributed by atoms with E-state index in [9.17, 15) is 9.59 Å². The number of hydrogen-bond acceptors (Lipinski definition) is 3. The molecular weight excluding hydrogens is 278 g/mol. The molecule has 0 aliphatic carbocycles. The Balaban J connectivity index is 0.00000361. The molecule has 1 aliphatic rings. The number of rotatable bonds is 7. The second kappa shape index (κ2) is 10.9. The van der Waals surface area contributed by atoms with Gasteiger partial charge in [0.1, 0.15) is 0 Å². The lowest BCUT2D eigenvalue weighted by Crippen LogP contribution is -2.51. The molecule has 5 nitrogen and oxygen atoms in total. The molecule has 0 aromatic heterocycles. The fraction of sp³-hybridized carbons (Fsp3) is 0.857. The Morgan fingerprint density at radius 2 is 1.95 bits per heavy atom. The molecule has 1 fully saturated rings. The predicted molar refractivity (Wildman–Crippen MR) is 83.0 cm³/mol. The van der Waals surface area contributed by atoms with Crippen molar-refractivity contribution in [1.82, 2.24) is 16.0 Å². The molecule has 3 N–H and O–H groups in total. The first-order valence-corrected chi connectivity index (χ1v) is 7.43. The molecule has 2 amide bonds. The van der Waals surface area contributed by atoms with Crippen LogP contribution in [0.2, 0.25) is 0 Å². The largest absolute Gasteiger partial charge is 0.356 e. The smallest absolute Gasteiger partial charge is 0.220 e. The number of halogens is 1. The van der Waals surface area contributed by atoms with Crippen molar-refractivity contribution in [2.45, 2.75) is 64.5 Å². The van der Waals surface area contributed by atoms with Gasteiger partial charge in [0.2, 0.25) is 11.8 Å². The third kappa shape index (κ3) is 7.70. The van der Waals surface area contributed by atoms with Gasteiger partial charge in [-0.25, -0.2) is 0 Å². The molecular formula is C14H28ClN3O2. The first-order chi connectivity index (χ1) is 9.13. The summed E-state index contributed by atoms with van der Waals surface area (Å²) in [5, 5.41) is 9.22. The molecule has 1 aliphatic heterocycles. The van der Waals surface area contributed by atoms with E-state index < -0.39 is 0 Å². The zero-order valence-electron chi connectivity index (χ0n) is 12.5. The quantitative estimate of drug-likeness (QED) is 0.665. The van der Waals surface area contributed by atoms with Crippen LogP contribution >= 0.6 is 12.4 Å². The summed E-state index contributed by atoms with van der Waals surface area (Å²) in [6, 6.07) is 0.570. The number of nitrogens with one attached hydrogen (secondary N) is 3. The standard InChI is InChI=1S/C14H27N3O2.ClH/c1-3-9-16-13(18)7-4-8-14(19)17-12-6-5-10-15-11(12)2;/h11-12,15H,3-10H2,1-2H3,(H,16,18)(H,17,19);1H. The minimum absolute atomic E-state index is 0. The number of piperidine rings is 1. The fourth-order valence-electron chi connectivity index (χ4n) is 2.28. The van der Waals surface area contributed by atoms with Crippen molar-refractivity contribution in [2.75, 3.05) is 13.1 Å². The monoisotopic (exact) mass is 305 g/mol. The van der Waals surface area contributed by atoms with Crippen molar-refractivity contribution in [1.29, 1.82) is 0 Å². The van der Waals surface area contributed by atoms with Crippen LogP contribution in [0.25, 0.3) is 0 Å². The first-order valence-electron chi connectivity index (χ1n) is 7.43. The molecule has 118 valence electrons. The topological polar surface area (TPSA) is 70.2 Å². The van der Waals surface area contributed by atoms with Gasteiger partial charge in [-0.3, -0.25) is 9.59 Å². The number of carbonyl (C=O) groups excluding carboxylic acids is 2. The van der Waals surface area contributed by atoms with Gasteiger partial charge in [0.15, 0.2) is 0 Å². The van der Waals surface area contributed by atoms with E-state index in [2.05, 4.69) is 22.9 Å². The van der Waals surface area contributed by atoms with Gasteiger partial charge in [-0.05, 0) is 39.2 Å². The second-order valence-corrected chi connectivity index (χ2v) is 5.26. The second-order valence-electron chi connectivity index (χ2n) is 5.26. The van der Waals surface area contributed by atoms with Gasteiger partial charge in [-0.1, -0.05) is 6.92 Å². The van der Waals surface area contributed by atoms with E-state index in [1.54, 1.807) is 0 Å². The maximum absolute atomic E-state index is 11.8. The number of carbonyl (C=O) groups is 2. The van der Waals surface area contributed by atoms with Crippen LogP contribution < -0.4 is 16.0 Å². The van der Waals surface area contributed by atoms with Gasteiger partial charge < -0.3 is 16.0 Å². The summed E-state index contributed by atoms with van der Waals surface area (Å²) >= 11 is 0. The number of hydrogen-bond donors (Lipinski definition) is 3. The molecule has 0 radical (unpaired) electrons. The Hall–Kier alpha value is -0.810. The highest BCUT2D eigenvalue weighted by Gasteiger charge is 2.21. The Morgan fingerprint density at radius 1 is 1.25 bits per heavy atom. The van der Waals surface area contributed by atoms with Crippen LogP contribution in [-0.2, 0) is 9.59 Å². The molecule has 1 saturated heterocycles. The van der Waals surface area contributed by atoms with Crippen LogP contribution in [0.4, 0.5) is 0 Å². The van der Waals surface area contributed by atoms with E-state index in [4.69, 9.17) is 0 Å². The molecule has 2 unspecified atom stereocenters. The summed E-state index contributed by atoms with van der Waals surface area (Å²) in [5.41, 5.74) is 0. The van der Waals surface area contributed by atoms with Gasteiger partial charge in [0.25, 0.3) is 0 Å². The van der Waals surface area contributed by atoms with E-state index in [-0.39, 0.29) is 30.3 Å². The molecule has 6 heteroatoms. The van der Waals surface area contributed by atoms with Crippen molar-refractivity contribution in [3.8, 4) is 0 Å². The third-order valence-corrected chi connectivity index (χ3v) is 3.49. The maximum atomic E-state index is 11.8. The maximum Gasteiger partial charge on any atom is 0.220 e. The first kappa shape index (κ1) is 19.2. The molecule has 0 aromatic carbocycles. The summed E-state index contributed by atoms with van der Waals surface area (Å²) < 4.78 is 0. The minimum Gasteiger partial charge on any atom is -0.356 e. The van der Waals surface area contributed by atoms with Gasteiger partial charge in [-0.2, -0.15) is 0 Å². The summed E-state index contributed by atoms with van der Waals surface area (Å²) in [5.74, 6) is 0.103. The highest BCUT2D eigenvalue weighted by molar-refractivity contribution is 5.85. The van der Waals surface area contributed by atoms with Crippen LogP contribution in [0.3, 0.4) is 0 Å². The van der Waals surface area contributed by atoms with Gasteiger partial charge in [-0.15, -0.1) is 12.4 Å². The van der Waals surface area contributed by atoms with Crippen molar-refractivity contribution < 1.29 is 9.59 Å². The Morgan fingerprint density at radius 3 is 2.60 bits per heavy atom. The van der Waals surface area contributed by atoms with Crippen molar-refractivity contribution >= 4 is 24.2 Å². The molecule has 0 aromatic rings. The third-order valence-electron chi connectivity index (χ3n) is 3.49. The molecule has 2 atom stereocenters.